The van der Waals surface area contributed by atoms with E-state index in [1.54, 1.807) is 0 Å². The molecule has 0 fully saturated rings. The van der Waals surface area contributed by atoms with Gasteiger partial charge in [-0.2, -0.15) is 0 Å². The van der Waals surface area contributed by atoms with Crippen LogP contribution in [0.2, 0.25) is 0 Å². The molecule has 0 atom stereocenters. The standard InChI is InChI=1S/C3H7O2.Al.Na.3H/c1-2-5-3-4;;;;;/h2-3H2,1H3;;;;;/q-1;+3;;;2*-1. The average Bonchev–Trinajstić information content (AvgIpc) is 1.61. The molecule has 0 N–H and O–H groups in total. The Labute approximate surface area is 77.6 Å². The quantitative estimate of drug-likeness (QED) is 0.294. The molecule has 0 aromatic carbocycles. The Hall–Kier alpha value is 1.45. The van der Waals surface area contributed by atoms with Crippen molar-refractivity contribution in [3.8, 4) is 0 Å². The van der Waals surface area contributed by atoms with Gasteiger partial charge in [-0.25, -0.2) is 0 Å². The molecule has 0 aromatic heterocycles. The summed E-state index contributed by atoms with van der Waals surface area (Å²) in [7, 11) is 0. The molecule has 2 nitrogen and oxygen atoms in total. The second-order valence-electron chi connectivity index (χ2n) is 0.777. The minimum absolute atomic E-state index is 0. The number of rotatable bonds is 3. The van der Waals surface area contributed by atoms with Gasteiger partial charge in [-0.05, 0) is 0 Å². The van der Waals surface area contributed by atoms with E-state index in [2.05, 4.69) is 20.4 Å². The summed E-state index contributed by atoms with van der Waals surface area (Å²) in [6, 6.07) is 0. The van der Waals surface area contributed by atoms with Gasteiger partial charge in [0, 0.05) is 0 Å². The summed E-state index contributed by atoms with van der Waals surface area (Å²) in [4.78, 5) is 0. The van der Waals surface area contributed by atoms with E-state index in [1.165, 1.54) is 0 Å². The summed E-state index contributed by atoms with van der Waals surface area (Å²) < 4.78 is 9.22. The molecule has 0 saturated carbocycles. The third kappa shape index (κ3) is 11.2. The zero-order valence-electron chi connectivity index (χ0n) is 5.81. The van der Waals surface area contributed by atoms with Crippen molar-refractivity contribution in [3.63, 3.8) is 0 Å². The predicted octanol–water partition coefficient (Wildman–Crippen LogP) is -0.343. The van der Waals surface area contributed by atoms with Crippen molar-refractivity contribution in [3.05, 3.63) is 0 Å². The first-order valence-corrected chi connectivity index (χ1v) is 2.28. The van der Waals surface area contributed by atoms with E-state index in [4.69, 9.17) is 4.74 Å². The molecule has 0 spiro atoms. The van der Waals surface area contributed by atoms with Crippen LogP contribution in [0.3, 0.4) is 0 Å². The van der Waals surface area contributed by atoms with Crippen LogP contribution >= 0.6 is 0 Å². The van der Waals surface area contributed by atoms with Gasteiger partial charge in [0.1, 0.15) is 0 Å². The SMILES string of the molecule is CCOC[O][Al+2].[H-].[H-].[NaH]. The van der Waals surface area contributed by atoms with Crippen LogP contribution in [-0.2, 0) is 8.53 Å². The molecule has 0 radical (unpaired) electrons. The van der Waals surface area contributed by atoms with Gasteiger partial charge in [-0.15, -0.1) is 0 Å². The Morgan fingerprint density at radius 2 is 2.29 bits per heavy atom. The van der Waals surface area contributed by atoms with Crippen LogP contribution in [0.1, 0.15) is 9.78 Å². The van der Waals surface area contributed by atoms with Gasteiger partial charge in [0.2, 0.25) is 0 Å². The molecule has 0 unspecified atom stereocenters. The Kier molecular flexibility index (Phi) is 16.8. The second kappa shape index (κ2) is 10.4. The summed E-state index contributed by atoms with van der Waals surface area (Å²) in [5.41, 5.74) is 0. The van der Waals surface area contributed by atoms with Crippen LogP contribution in [0.4, 0.5) is 0 Å². The summed E-state index contributed by atoms with van der Waals surface area (Å²) in [6.07, 6.45) is 0. The van der Waals surface area contributed by atoms with Gasteiger partial charge in [-0.1, -0.05) is 0 Å². The molecule has 0 bridgehead atoms. The van der Waals surface area contributed by atoms with Crippen molar-refractivity contribution < 1.29 is 11.4 Å². The molecular weight excluding hydrogens is 118 g/mol. The number of ether oxygens (including phenoxy) is 1. The number of hydrogen-bond acceptors (Lipinski definition) is 2. The predicted molar refractivity (Wildman–Crippen MR) is 32.7 cm³/mol. The van der Waals surface area contributed by atoms with Crippen LogP contribution in [0.15, 0.2) is 0 Å². The van der Waals surface area contributed by atoms with Gasteiger partial charge >= 0.3 is 75.0 Å². The fourth-order valence-corrected chi connectivity index (χ4v) is 0.228. The minimum atomic E-state index is 0. The Morgan fingerprint density at radius 1 is 1.71 bits per heavy atom. The zero-order chi connectivity index (χ0) is 4.83. The molecule has 0 aliphatic heterocycles. The van der Waals surface area contributed by atoms with Crippen molar-refractivity contribution in [2.24, 2.45) is 0 Å². The van der Waals surface area contributed by atoms with E-state index < -0.39 is 0 Å². The van der Waals surface area contributed by atoms with E-state index in [0.29, 0.717) is 13.4 Å². The van der Waals surface area contributed by atoms with Gasteiger partial charge in [0.05, 0.1) is 0 Å². The van der Waals surface area contributed by atoms with Crippen LogP contribution < -0.4 is 0 Å². The molecule has 0 amide bonds. The first-order chi connectivity index (χ1) is 2.91. The molecule has 0 heterocycles. The van der Waals surface area contributed by atoms with E-state index >= 15 is 0 Å². The summed E-state index contributed by atoms with van der Waals surface area (Å²) in [5, 5.41) is 0. The van der Waals surface area contributed by atoms with Gasteiger partial charge in [0.15, 0.2) is 0 Å². The van der Waals surface area contributed by atoms with Gasteiger partial charge < -0.3 is 2.85 Å². The average molecular weight is 128 g/mol. The van der Waals surface area contributed by atoms with Crippen LogP contribution in [0.5, 0.6) is 0 Å². The molecule has 0 saturated heterocycles. The van der Waals surface area contributed by atoms with Crippen molar-refractivity contribution in [1.82, 2.24) is 0 Å². The molecule has 4 heteroatoms. The van der Waals surface area contributed by atoms with Crippen LogP contribution in [0, 0.1) is 0 Å². The number of hydrogen-bond donors (Lipinski definition) is 0. The Bertz CT molecular complexity index is 31.8. The maximum atomic E-state index is 4.74. The summed E-state index contributed by atoms with van der Waals surface area (Å²) in [5.74, 6) is 0. The molecular formula is C3H10AlNaO2. The van der Waals surface area contributed by atoms with Crippen molar-refractivity contribution in [2.45, 2.75) is 6.92 Å². The first kappa shape index (κ1) is 11.3. The van der Waals surface area contributed by atoms with E-state index in [1.807, 2.05) is 6.92 Å². The Balaban J connectivity index is -0.0000000417. The topological polar surface area (TPSA) is 18.5 Å². The fraction of sp³-hybridized carbons (Fsp3) is 1.00. The van der Waals surface area contributed by atoms with E-state index in [9.17, 15) is 0 Å². The Morgan fingerprint density at radius 3 is 2.43 bits per heavy atom. The van der Waals surface area contributed by atoms with Crippen molar-refractivity contribution in [2.75, 3.05) is 13.4 Å². The molecule has 7 heavy (non-hydrogen) atoms. The van der Waals surface area contributed by atoms with Crippen molar-refractivity contribution >= 4 is 46.2 Å². The van der Waals surface area contributed by atoms with Crippen LogP contribution in [0.25, 0.3) is 0 Å². The zero-order valence-corrected chi connectivity index (χ0v) is 4.96. The monoisotopic (exact) mass is 128 g/mol. The summed E-state index contributed by atoms with van der Waals surface area (Å²) in [6.45, 7) is 3.01. The molecule has 0 aliphatic carbocycles. The molecule has 38 valence electrons. The second-order valence-corrected chi connectivity index (χ2v) is 1.11. The third-order valence-electron chi connectivity index (χ3n) is 0.355. The molecule has 0 aromatic rings. The molecule has 0 aliphatic rings. The molecule has 0 rings (SSSR count). The van der Waals surface area contributed by atoms with Gasteiger partial charge in [0.25, 0.3) is 0 Å². The van der Waals surface area contributed by atoms with Crippen LogP contribution in [-0.4, -0.2) is 59.6 Å². The van der Waals surface area contributed by atoms with E-state index in [-0.39, 0.29) is 32.4 Å². The normalized spacial score (nSPS) is 7.86. The first-order valence-electron chi connectivity index (χ1n) is 1.81. The fourth-order valence-electron chi connectivity index (χ4n) is 0.131. The summed E-state index contributed by atoms with van der Waals surface area (Å²) >= 11 is 2.10. The maximum absolute atomic E-state index is 4.74. The van der Waals surface area contributed by atoms with E-state index in [0.717, 1.165) is 0 Å². The van der Waals surface area contributed by atoms with Crippen molar-refractivity contribution in [1.29, 1.82) is 0 Å². The van der Waals surface area contributed by atoms with Gasteiger partial charge in [-0.3, -0.25) is 0 Å². The third-order valence-corrected chi connectivity index (χ3v) is 0.492.